The second-order valence-electron chi connectivity index (χ2n) is 5.17. The van der Waals surface area contributed by atoms with Crippen molar-refractivity contribution < 1.29 is 26.7 Å². The molecule has 1 N–H and O–H groups in total. The van der Waals surface area contributed by atoms with Crippen LogP contribution < -0.4 is 5.32 Å². The Kier molecular flexibility index (Phi) is 4.49. The Labute approximate surface area is 118 Å². The number of amides is 1. The molecule has 2 atom stereocenters. The molecular formula is C14H14F5NO. The number of rotatable bonds is 2. The third-order valence-electron chi connectivity index (χ3n) is 3.63. The molecule has 0 saturated heterocycles. The van der Waals surface area contributed by atoms with Crippen LogP contribution in [0.5, 0.6) is 0 Å². The predicted molar refractivity (Wildman–Crippen MR) is 65.6 cm³/mol. The van der Waals surface area contributed by atoms with E-state index in [0.29, 0.717) is 18.9 Å². The van der Waals surface area contributed by atoms with E-state index in [4.69, 9.17) is 0 Å². The van der Waals surface area contributed by atoms with E-state index in [1.807, 2.05) is 0 Å². The molecule has 116 valence electrons. The number of hydrogen-bond acceptors (Lipinski definition) is 1. The number of hydrogen-bond donors (Lipinski definition) is 1. The first-order chi connectivity index (χ1) is 9.77. The fraction of sp³-hybridized carbons (Fsp3) is 0.500. The number of halogens is 5. The third-order valence-corrected chi connectivity index (χ3v) is 3.63. The first-order valence-corrected chi connectivity index (χ1v) is 6.61. The summed E-state index contributed by atoms with van der Waals surface area (Å²) >= 11 is 0. The maximum atomic E-state index is 13.0. The molecule has 1 saturated carbocycles. The molecule has 2 rings (SSSR count). The molecule has 0 aliphatic heterocycles. The standard InChI is InChI=1S/C14H14F5NO/c15-9-5-8(6-10(16)7-9)13(21)20-12-4-2-1-3-11(12)14(17,18)19/h5-7,11-12H,1-4H2,(H,20,21)/t11-,12-/m0/s1. The smallest absolute Gasteiger partial charge is 0.349 e. The Morgan fingerprint density at radius 1 is 1.05 bits per heavy atom. The first-order valence-electron chi connectivity index (χ1n) is 6.61. The predicted octanol–water partition coefficient (Wildman–Crippen LogP) is 3.82. The van der Waals surface area contributed by atoms with Crippen LogP contribution in [0.15, 0.2) is 18.2 Å². The molecule has 1 fully saturated rings. The summed E-state index contributed by atoms with van der Waals surface area (Å²) in [6, 6.07) is 1.13. The van der Waals surface area contributed by atoms with E-state index in [1.165, 1.54) is 0 Å². The van der Waals surface area contributed by atoms with E-state index in [2.05, 4.69) is 5.32 Å². The zero-order chi connectivity index (χ0) is 15.6. The lowest BCUT2D eigenvalue weighted by Gasteiger charge is -2.33. The van der Waals surface area contributed by atoms with Crippen LogP contribution in [0.2, 0.25) is 0 Å². The highest BCUT2D eigenvalue weighted by atomic mass is 19.4. The highest BCUT2D eigenvalue weighted by Gasteiger charge is 2.46. The van der Waals surface area contributed by atoms with Gasteiger partial charge in [-0.25, -0.2) is 8.78 Å². The van der Waals surface area contributed by atoms with Gasteiger partial charge in [-0.3, -0.25) is 4.79 Å². The SMILES string of the molecule is O=C(N[C@H]1CCCC[C@@H]1C(F)(F)F)c1cc(F)cc(F)c1. The molecule has 1 aromatic rings. The monoisotopic (exact) mass is 307 g/mol. The van der Waals surface area contributed by atoms with Crippen molar-refractivity contribution in [2.75, 3.05) is 0 Å². The molecule has 1 aliphatic rings. The highest BCUT2D eigenvalue weighted by Crippen LogP contribution is 2.37. The van der Waals surface area contributed by atoms with E-state index >= 15 is 0 Å². The molecule has 21 heavy (non-hydrogen) atoms. The molecule has 0 unspecified atom stereocenters. The van der Waals surface area contributed by atoms with Gasteiger partial charge in [0.1, 0.15) is 11.6 Å². The van der Waals surface area contributed by atoms with Crippen LogP contribution in [-0.4, -0.2) is 18.1 Å². The van der Waals surface area contributed by atoms with Crippen LogP contribution in [0.3, 0.4) is 0 Å². The van der Waals surface area contributed by atoms with Crippen molar-refractivity contribution in [2.24, 2.45) is 5.92 Å². The van der Waals surface area contributed by atoms with Gasteiger partial charge >= 0.3 is 6.18 Å². The molecule has 0 aromatic heterocycles. The van der Waals surface area contributed by atoms with Crippen molar-refractivity contribution in [3.63, 3.8) is 0 Å². The minimum Gasteiger partial charge on any atom is -0.349 e. The van der Waals surface area contributed by atoms with Crippen molar-refractivity contribution in [1.82, 2.24) is 5.32 Å². The van der Waals surface area contributed by atoms with Gasteiger partial charge in [-0.1, -0.05) is 12.8 Å². The van der Waals surface area contributed by atoms with Gasteiger partial charge in [-0.15, -0.1) is 0 Å². The van der Waals surface area contributed by atoms with E-state index in [9.17, 15) is 26.7 Å². The summed E-state index contributed by atoms with van der Waals surface area (Å²) in [4.78, 5) is 11.9. The van der Waals surface area contributed by atoms with Gasteiger partial charge in [0.05, 0.1) is 5.92 Å². The van der Waals surface area contributed by atoms with Gasteiger partial charge in [-0.05, 0) is 25.0 Å². The maximum Gasteiger partial charge on any atom is 0.393 e. The summed E-state index contributed by atoms with van der Waals surface area (Å²) in [5.74, 6) is -4.41. The largest absolute Gasteiger partial charge is 0.393 e. The van der Waals surface area contributed by atoms with Gasteiger partial charge in [0.2, 0.25) is 0 Å². The van der Waals surface area contributed by atoms with Crippen molar-refractivity contribution >= 4 is 5.91 Å². The summed E-state index contributed by atoms with van der Waals surface area (Å²) in [6.07, 6.45) is -3.22. The van der Waals surface area contributed by atoms with E-state index in [-0.39, 0.29) is 18.4 Å². The van der Waals surface area contributed by atoms with E-state index in [0.717, 1.165) is 12.1 Å². The Morgan fingerprint density at radius 2 is 1.62 bits per heavy atom. The molecule has 0 spiro atoms. The van der Waals surface area contributed by atoms with Crippen LogP contribution in [-0.2, 0) is 0 Å². The fourth-order valence-electron chi connectivity index (χ4n) is 2.63. The molecule has 1 amide bonds. The van der Waals surface area contributed by atoms with Gasteiger partial charge in [0.25, 0.3) is 5.91 Å². The lowest BCUT2D eigenvalue weighted by molar-refractivity contribution is -0.187. The van der Waals surface area contributed by atoms with Gasteiger partial charge in [0, 0.05) is 17.7 Å². The minimum atomic E-state index is -4.40. The lowest BCUT2D eigenvalue weighted by atomic mass is 9.84. The zero-order valence-corrected chi connectivity index (χ0v) is 11.0. The summed E-state index contributed by atoms with van der Waals surface area (Å²) < 4.78 is 64.8. The Morgan fingerprint density at radius 3 is 2.19 bits per heavy atom. The highest BCUT2D eigenvalue weighted by molar-refractivity contribution is 5.94. The average molecular weight is 307 g/mol. The third kappa shape index (κ3) is 3.92. The summed E-state index contributed by atoms with van der Waals surface area (Å²) in [6.45, 7) is 0. The quantitative estimate of drug-likeness (QED) is 0.827. The zero-order valence-electron chi connectivity index (χ0n) is 11.0. The Hall–Kier alpha value is -1.66. The van der Waals surface area contributed by atoms with Crippen LogP contribution in [0.4, 0.5) is 22.0 Å². The molecule has 0 bridgehead atoms. The average Bonchev–Trinajstić information content (AvgIpc) is 2.37. The molecule has 0 radical (unpaired) electrons. The summed E-state index contributed by atoms with van der Waals surface area (Å²) in [5, 5.41) is 2.25. The van der Waals surface area contributed by atoms with Crippen LogP contribution in [0.1, 0.15) is 36.0 Å². The maximum absolute atomic E-state index is 13.0. The van der Waals surface area contributed by atoms with Crippen molar-refractivity contribution in [3.05, 3.63) is 35.4 Å². The topological polar surface area (TPSA) is 29.1 Å². The van der Waals surface area contributed by atoms with E-state index in [1.54, 1.807) is 0 Å². The second kappa shape index (κ2) is 5.99. The second-order valence-corrected chi connectivity index (χ2v) is 5.17. The van der Waals surface area contributed by atoms with Crippen LogP contribution >= 0.6 is 0 Å². The van der Waals surface area contributed by atoms with Crippen LogP contribution in [0.25, 0.3) is 0 Å². The number of benzene rings is 1. The number of carbonyl (C=O) groups excluding carboxylic acids is 1. The van der Waals surface area contributed by atoms with Crippen molar-refractivity contribution in [1.29, 1.82) is 0 Å². The Balaban J connectivity index is 2.13. The van der Waals surface area contributed by atoms with Gasteiger partial charge < -0.3 is 5.32 Å². The number of alkyl halides is 3. The van der Waals surface area contributed by atoms with Gasteiger partial charge in [-0.2, -0.15) is 13.2 Å². The number of carbonyl (C=O) groups is 1. The molecule has 0 heterocycles. The molecule has 2 nitrogen and oxygen atoms in total. The number of nitrogens with one attached hydrogen (secondary N) is 1. The van der Waals surface area contributed by atoms with Crippen LogP contribution in [0, 0.1) is 17.6 Å². The van der Waals surface area contributed by atoms with Crippen molar-refractivity contribution in [2.45, 2.75) is 37.9 Å². The molecule has 7 heteroatoms. The molecule has 1 aromatic carbocycles. The lowest BCUT2D eigenvalue weighted by Crippen LogP contribution is -2.47. The normalized spacial score (nSPS) is 22.9. The van der Waals surface area contributed by atoms with Crippen molar-refractivity contribution in [3.8, 4) is 0 Å². The minimum absolute atomic E-state index is 0.0496. The summed E-state index contributed by atoms with van der Waals surface area (Å²) in [7, 11) is 0. The fourth-order valence-corrected chi connectivity index (χ4v) is 2.63. The molecular weight excluding hydrogens is 293 g/mol. The van der Waals surface area contributed by atoms with Gasteiger partial charge in [0.15, 0.2) is 0 Å². The molecule has 1 aliphatic carbocycles. The first kappa shape index (κ1) is 15.7. The summed E-state index contributed by atoms with van der Waals surface area (Å²) in [5.41, 5.74) is -0.320. The van der Waals surface area contributed by atoms with E-state index < -0.39 is 35.7 Å². The Bertz CT molecular complexity index is 508.